The van der Waals surface area contributed by atoms with Crippen LogP contribution in [0.5, 0.6) is 0 Å². The molecule has 9 heavy (non-hydrogen) atoms. The first-order chi connectivity index (χ1) is 4.27. The van der Waals surface area contributed by atoms with Crippen LogP contribution in [0.3, 0.4) is 0 Å². The molecule has 0 unspecified atom stereocenters. The third-order valence-corrected chi connectivity index (χ3v) is 1.61. The molecule has 0 aromatic rings. The van der Waals surface area contributed by atoms with Crippen molar-refractivity contribution >= 4 is 17.7 Å². The second-order valence-corrected chi connectivity index (χ2v) is 2.58. The van der Waals surface area contributed by atoms with Gasteiger partial charge in [-0.15, -0.1) is 11.8 Å². The molecule has 0 saturated carbocycles. The number of hydrogen-bond acceptors (Lipinski definition) is 2. The van der Waals surface area contributed by atoms with Crippen LogP contribution in [0.25, 0.3) is 0 Å². The molecular weight excluding hydrogens is 134 g/mol. The Kier molecular flexibility index (Phi) is 5.41. The molecule has 0 rings (SSSR count). The van der Waals surface area contributed by atoms with E-state index in [-0.39, 0.29) is 5.91 Å². The largest absolute Gasteiger partial charge is 0.369 e. The molecule has 1 amide bonds. The zero-order chi connectivity index (χ0) is 7.11. The lowest BCUT2D eigenvalue weighted by atomic mass is 10.6. The first-order valence-electron chi connectivity index (χ1n) is 2.74. The lowest BCUT2D eigenvalue weighted by molar-refractivity contribution is -0.115. The Morgan fingerprint density at radius 3 is 2.89 bits per heavy atom. The van der Waals surface area contributed by atoms with Crippen LogP contribution < -0.4 is 5.73 Å². The van der Waals surface area contributed by atoms with Gasteiger partial charge in [0.15, 0.2) is 0 Å². The van der Waals surface area contributed by atoms with Gasteiger partial charge in [-0.25, -0.2) is 0 Å². The summed E-state index contributed by atoms with van der Waals surface area (Å²) in [4.78, 5) is 10.1. The third kappa shape index (κ3) is 7.56. The Morgan fingerprint density at radius 1 is 1.78 bits per heavy atom. The predicted octanol–water partition coefficient (Wildman–Crippen LogP) is 0.781. The zero-order valence-electron chi connectivity index (χ0n) is 5.46. The molecule has 0 aliphatic rings. The van der Waals surface area contributed by atoms with Gasteiger partial charge in [0.05, 0.1) is 5.75 Å². The number of thioether (sulfide) groups is 1. The molecule has 0 aliphatic heterocycles. The van der Waals surface area contributed by atoms with Crippen molar-refractivity contribution in [1.82, 2.24) is 0 Å². The highest BCUT2D eigenvalue weighted by atomic mass is 32.2. The Hall–Kier alpha value is -0.440. The molecule has 0 aromatic heterocycles. The third-order valence-electron chi connectivity index (χ3n) is 0.694. The quantitative estimate of drug-likeness (QED) is 0.469. The molecule has 2 N–H and O–H groups in total. The van der Waals surface area contributed by atoms with Crippen molar-refractivity contribution in [3.63, 3.8) is 0 Å². The number of rotatable bonds is 4. The molecule has 0 saturated heterocycles. The number of nitrogens with two attached hydrogens (primary N) is 1. The maximum atomic E-state index is 10.1. The van der Waals surface area contributed by atoms with Gasteiger partial charge < -0.3 is 5.73 Å². The molecule has 0 aliphatic carbocycles. The van der Waals surface area contributed by atoms with Crippen LogP contribution in [-0.2, 0) is 4.79 Å². The van der Waals surface area contributed by atoms with Crippen molar-refractivity contribution in [3.05, 3.63) is 12.2 Å². The normalized spacial score (nSPS) is 10.3. The van der Waals surface area contributed by atoms with Crippen LogP contribution in [0, 0.1) is 0 Å². The zero-order valence-corrected chi connectivity index (χ0v) is 6.28. The highest BCUT2D eigenvalue weighted by Gasteiger charge is 1.89. The van der Waals surface area contributed by atoms with Crippen molar-refractivity contribution < 1.29 is 4.79 Å². The Labute approximate surface area is 59.5 Å². The van der Waals surface area contributed by atoms with E-state index in [0.717, 1.165) is 5.75 Å². The SMILES string of the molecule is C/C=C/CSCC(N)=O. The minimum atomic E-state index is -0.246. The average molecular weight is 145 g/mol. The van der Waals surface area contributed by atoms with Crippen LogP contribution in [0.2, 0.25) is 0 Å². The molecule has 0 aromatic carbocycles. The van der Waals surface area contributed by atoms with Crippen molar-refractivity contribution in [1.29, 1.82) is 0 Å². The predicted molar refractivity (Wildman–Crippen MR) is 41.3 cm³/mol. The monoisotopic (exact) mass is 145 g/mol. The van der Waals surface area contributed by atoms with E-state index in [9.17, 15) is 4.79 Å². The van der Waals surface area contributed by atoms with Gasteiger partial charge in [-0.3, -0.25) is 4.79 Å². The summed E-state index contributed by atoms with van der Waals surface area (Å²) in [5, 5.41) is 0. The second kappa shape index (κ2) is 5.69. The maximum Gasteiger partial charge on any atom is 0.227 e. The molecule has 3 heteroatoms. The summed E-state index contributed by atoms with van der Waals surface area (Å²) in [6.07, 6.45) is 3.95. The van der Waals surface area contributed by atoms with E-state index in [1.807, 2.05) is 19.1 Å². The fraction of sp³-hybridized carbons (Fsp3) is 0.500. The van der Waals surface area contributed by atoms with Crippen LogP contribution in [0.1, 0.15) is 6.92 Å². The number of hydrogen-bond donors (Lipinski definition) is 1. The van der Waals surface area contributed by atoms with E-state index in [2.05, 4.69) is 0 Å². The Balaban J connectivity index is 3.01. The van der Waals surface area contributed by atoms with Crippen LogP contribution in [-0.4, -0.2) is 17.4 Å². The molecule has 0 fully saturated rings. The smallest absolute Gasteiger partial charge is 0.227 e. The number of carbonyl (C=O) groups excluding carboxylic acids is 1. The number of amides is 1. The van der Waals surface area contributed by atoms with Gasteiger partial charge in [0, 0.05) is 5.75 Å². The number of carbonyl (C=O) groups is 1. The average Bonchev–Trinajstić information content (AvgIpc) is 1.80. The second-order valence-electron chi connectivity index (χ2n) is 1.55. The van der Waals surface area contributed by atoms with Crippen molar-refractivity contribution in [2.24, 2.45) is 5.73 Å². The lowest BCUT2D eigenvalue weighted by Crippen LogP contribution is -2.13. The van der Waals surface area contributed by atoms with Gasteiger partial charge in [0.1, 0.15) is 0 Å². The molecule has 0 heterocycles. The van der Waals surface area contributed by atoms with Crippen molar-refractivity contribution in [2.75, 3.05) is 11.5 Å². The Bertz CT molecular complexity index is 112. The molecule has 52 valence electrons. The van der Waals surface area contributed by atoms with Gasteiger partial charge in [-0.2, -0.15) is 0 Å². The topological polar surface area (TPSA) is 43.1 Å². The molecule has 0 atom stereocenters. The van der Waals surface area contributed by atoms with Crippen molar-refractivity contribution in [3.8, 4) is 0 Å². The van der Waals surface area contributed by atoms with Gasteiger partial charge >= 0.3 is 0 Å². The van der Waals surface area contributed by atoms with E-state index in [4.69, 9.17) is 5.73 Å². The molecule has 2 nitrogen and oxygen atoms in total. The summed E-state index contributed by atoms with van der Waals surface area (Å²) in [5.74, 6) is 1.05. The first-order valence-corrected chi connectivity index (χ1v) is 3.90. The van der Waals surface area contributed by atoms with Gasteiger partial charge in [-0.05, 0) is 6.92 Å². The number of allylic oxidation sites excluding steroid dienone is 1. The summed E-state index contributed by atoms with van der Waals surface area (Å²) in [6, 6.07) is 0. The van der Waals surface area contributed by atoms with Crippen LogP contribution in [0.15, 0.2) is 12.2 Å². The molecule has 0 bridgehead atoms. The summed E-state index contributed by atoms with van der Waals surface area (Å²) in [7, 11) is 0. The summed E-state index contributed by atoms with van der Waals surface area (Å²) >= 11 is 1.52. The first kappa shape index (κ1) is 8.56. The van der Waals surface area contributed by atoms with Crippen LogP contribution in [0.4, 0.5) is 0 Å². The minimum absolute atomic E-state index is 0.246. The van der Waals surface area contributed by atoms with E-state index >= 15 is 0 Å². The van der Waals surface area contributed by atoms with Crippen LogP contribution >= 0.6 is 11.8 Å². The minimum Gasteiger partial charge on any atom is -0.369 e. The summed E-state index contributed by atoms with van der Waals surface area (Å²) < 4.78 is 0. The van der Waals surface area contributed by atoms with Crippen molar-refractivity contribution in [2.45, 2.75) is 6.92 Å². The van der Waals surface area contributed by atoms with E-state index < -0.39 is 0 Å². The standard InChI is InChI=1S/C6H11NOS/c1-2-3-4-9-5-6(7)8/h2-3H,4-5H2,1H3,(H2,7,8)/b3-2+. The summed E-state index contributed by atoms with van der Waals surface area (Å²) in [6.45, 7) is 1.95. The fourth-order valence-electron chi connectivity index (χ4n) is 0.324. The van der Waals surface area contributed by atoms with E-state index in [0.29, 0.717) is 5.75 Å². The van der Waals surface area contributed by atoms with Gasteiger partial charge in [0.25, 0.3) is 0 Å². The number of primary amides is 1. The molecular formula is C6H11NOS. The van der Waals surface area contributed by atoms with Gasteiger partial charge in [-0.1, -0.05) is 12.2 Å². The highest BCUT2D eigenvalue weighted by Crippen LogP contribution is 1.97. The maximum absolute atomic E-state index is 10.1. The molecule has 0 spiro atoms. The highest BCUT2D eigenvalue weighted by molar-refractivity contribution is 8.00. The van der Waals surface area contributed by atoms with E-state index in [1.165, 1.54) is 11.8 Å². The Morgan fingerprint density at radius 2 is 2.44 bits per heavy atom. The van der Waals surface area contributed by atoms with Gasteiger partial charge in [0.2, 0.25) is 5.91 Å². The molecule has 0 radical (unpaired) electrons. The summed E-state index contributed by atoms with van der Waals surface area (Å²) in [5.41, 5.74) is 4.89. The fourth-order valence-corrected chi connectivity index (χ4v) is 0.971. The van der Waals surface area contributed by atoms with E-state index in [1.54, 1.807) is 0 Å². The lowest BCUT2D eigenvalue weighted by Gasteiger charge is -1.89.